The van der Waals surface area contributed by atoms with Gasteiger partial charge in [-0.05, 0) is 6.07 Å². The number of benzene rings is 1. The van der Waals surface area contributed by atoms with E-state index in [2.05, 4.69) is 10.3 Å². The Balaban J connectivity index is 2.57. The van der Waals surface area contributed by atoms with Crippen molar-refractivity contribution >= 4 is 11.7 Å². The van der Waals surface area contributed by atoms with Crippen molar-refractivity contribution in [1.82, 2.24) is 15.0 Å². The average molecular weight is 252 g/mol. The number of aromatic nitrogens is 3. The molecule has 0 bridgehead atoms. The monoisotopic (exact) mass is 252 g/mol. The molecule has 0 amide bonds. The van der Waals surface area contributed by atoms with Gasteiger partial charge in [0.2, 0.25) is 0 Å². The molecule has 1 heterocycles. The fourth-order valence-corrected chi connectivity index (χ4v) is 1.31. The quantitative estimate of drug-likeness (QED) is 0.644. The molecule has 0 saturated carbocycles. The first-order chi connectivity index (χ1) is 8.49. The Hall–Kier alpha value is -2.84. The summed E-state index contributed by atoms with van der Waals surface area (Å²) in [6.07, 6.45) is 0.962. The van der Waals surface area contributed by atoms with Crippen molar-refractivity contribution in [3.63, 3.8) is 0 Å². The van der Waals surface area contributed by atoms with Crippen LogP contribution in [0.15, 0.2) is 24.4 Å². The molecule has 1 aromatic heterocycles. The van der Waals surface area contributed by atoms with Crippen molar-refractivity contribution in [3.05, 3.63) is 46.0 Å². The first kappa shape index (κ1) is 11.6. The Morgan fingerprint density at radius 3 is 2.78 bits per heavy atom. The van der Waals surface area contributed by atoms with Gasteiger partial charge in [-0.15, -0.1) is 5.10 Å². The van der Waals surface area contributed by atoms with E-state index < -0.39 is 28.1 Å². The van der Waals surface area contributed by atoms with Gasteiger partial charge in [0.1, 0.15) is 11.5 Å². The van der Waals surface area contributed by atoms with Crippen molar-refractivity contribution in [1.29, 1.82) is 0 Å². The first-order valence-corrected chi connectivity index (χ1v) is 4.59. The van der Waals surface area contributed by atoms with Gasteiger partial charge in [-0.25, -0.2) is 13.9 Å². The number of halogens is 1. The van der Waals surface area contributed by atoms with E-state index in [1.807, 2.05) is 0 Å². The van der Waals surface area contributed by atoms with E-state index in [0.717, 1.165) is 29.1 Å². The smallest absolute Gasteiger partial charge is 0.358 e. The zero-order chi connectivity index (χ0) is 13.3. The first-order valence-electron chi connectivity index (χ1n) is 4.59. The number of nitro benzene ring substituents is 1. The Morgan fingerprint density at radius 2 is 2.22 bits per heavy atom. The van der Waals surface area contributed by atoms with Crippen LogP contribution in [0.25, 0.3) is 5.69 Å². The molecule has 1 N–H and O–H groups in total. The van der Waals surface area contributed by atoms with Crippen LogP contribution in [0.4, 0.5) is 10.1 Å². The van der Waals surface area contributed by atoms with Gasteiger partial charge >= 0.3 is 5.97 Å². The minimum Gasteiger partial charge on any atom is -0.476 e. The molecule has 0 atom stereocenters. The Kier molecular flexibility index (Phi) is 2.72. The van der Waals surface area contributed by atoms with Crippen molar-refractivity contribution in [2.45, 2.75) is 0 Å². The van der Waals surface area contributed by atoms with E-state index in [4.69, 9.17) is 5.11 Å². The van der Waals surface area contributed by atoms with Crippen LogP contribution in [0.2, 0.25) is 0 Å². The molecule has 0 spiro atoms. The number of carboxylic acid groups (broad SMARTS) is 1. The highest BCUT2D eigenvalue weighted by molar-refractivity contribution is 5.84. The minimum atomic E-state index is -1.33. The Bertz CT molecular complexity index is 639. The summed E-state index contributed by atoms with van der Waals surface area (Å²) in [6, 6.07) is 2.77. The normalized spacial score (nSPS) is 10.3. The maximum atomic E-state index is 13.1. The average Bonchev–Trinajstić information content (AvgIpc) is 2.77. The second kappa shape index (κ2) is 4.20. The van der Waals surface area contributed by atoms with Crippen LogP contribution in [0.3, 0.4) is 0 Å². The highest BCUT2D eigenvalue weighted by Gasteiger charge is 2.19. The second-order valence-electron chi connectivity index (χ2n) is 3.24. The van der Waals surface area contributed by atoms with E-state index in [9.17, 15) is 19.3 Å². The van der Waals surface area contributed by atoms with Crippen molar-refractivity contribution in [3.8, 4) is 5.69 Å². The zero-order valence-electron chi connectivity index (χ0n) is 8.65. The summed E-state index contributed by atoms with van der Waals surface area (Å²) in [4.78, 5) is 20.6. The summed E-state index contributed by atoms with van der Waals surface area (Å²) in [5.41, 5.74) is -0.994. The minimum absolute atomic E-state index is 0.194. The standard InChI is InChI=1S/C9H5FN4O4/c10-5-1-2-7(14(17)18)8(3-5)13-4-6(9(15)16)11-12-13/h1-4H,(H,15,16). The van der Waals surface area contributed by atoms with Gasteiger partial charge in [0.05, 0.1) is 11.1 Å². The van der Waals surface area contributed by atoms with E-state index in [1.165, 1.54) is 0 Å². The topological polar surface area (TPSA) is 111 Å². The molecule has 0 aliphatic rings. The van der Waals surface area contributed by atoms with Gasteiger partial charge in [0.15, 0.2) is 5.69 Å². The van der Waals surface area contributed by atoms with Gasteiger partial charge in [0, 0.05) is 12.1 Å². The second-order valence-corrected chi connectivity index (χ2v) is 3.24. The summed E-state index contributed by atoms with van der Waals surface area (Å²) in [7, 11) is 0. The summed E-state index contributed by atoms with van der Waals surface area (Å²) in [6.45, 7) is 0. The predicted octanol–water partition coefficient (Wildman–Crippen LogP) is 1.01. The molecule has 0 unspecified atom stereocenters. The summed E-state index contributed by atoms with van der Waals surface area (Å²) in [5, 5.41) is 26.1. The van der Waals surface area contributed by atoms with E-state index in [-0.39, 0.29) is 5.69 Å². The highest BCUT2D eigenvalue weighted by Crippen LogP contribution is 2.22. The lowest BCUT2D eigenvalue weighted by Crippen LogP contribution is -2.01. The van der Waals surface area contributed by atoms with Gasteiger partial charge in [-0.2, -0.15) is 0 Å². The fourth-order valence-electron chi connectivity index (χ4n) is 1.31. The predicted molar refractivity (Wildman–Crippen MR) is 54.9 cm³/mol. The van der Waals surface area contributed by atoms with Crippen LogP contribution < -0.4 is 0 Å². The molecule has 18 heavy (non-hydrogen) atoms. The molecule has 8 nitrogen and oxygen atoms in total. The zero-order valence-corrected chi connectivity index (χ0v) is 8.65. The molecule has 0 radical (unpaired) electrons. The number of hydrogen-bond donors (Lipinski definition) is 1. The molecule has 0 fully saturated rings. The molecule has 2 aromatic rings. The molecular weight excluding hydrogens is 247 g/mol. The SMILES string of the molecule is O=C(O)c1cn(-c2cc(F)ccc2[N+](=O)[O-])nn1. The lowest BCUT2D eigenvalue weighted by atomic mass is 10.2. The van der Waals surface area contributed by atoms with E-state index in [1.54, 1.807) is 0 Å². The van der Waals surface area contributed by atoms with Gasteiger partial charge in [-0.1, -0.05) is 5.21 Å². The van der Waals surface area contributed by atoms with Crippen LogP contribution in [-0.4, -0.2) is 31.0 Å². The summed E-state index contributed by atoms with van der Waals surface area (Å²) in [5.74, 6) is -2.04. The number of nitrogens with zero attached hydrogens (tertiary/aromatic N) is 4. The molecule has 9 heteroatoms. The van der Waals surface area contributed by atoms with E-state index in [0.29, 0.717) is 0 Å². The molecule has 1 aromatic carbocycles. The molecule has 92 valence electrons. The van der Waals surface area contributed by atoms with Crippen LogP contribution in [0.5, 0.6) is 0 Å². The lowest BCUT2D eigenvalue weighted by molar-refractivity contribution is -0.384. The molecular formula is C9H5FN4O4. The molecule has 0 aliphatic heterocycles. The van der Waals surface area contributed by atoms with Gasteiger partial charge in [-0.3, -0.25) is 10.1 Å². The largest absolute Gasteiger partial charge is 0.476 e. The van der Waals surface area contributed by atoms with Crippen LogP contribution in [-0.2, 0) is 0 Å². The maximum Gasteiger partial charge on any atom is 0.358 e. The molecule has 2 rings (SSSR count). The number of hydrogen-bond acceptors (Lipinski definition) is 5. The summed E-state index contributed by atoms with van der Waals surface area (Å²) >= 11 is 0. The highest BCUT2D eigenvalue weighted by atomic mass is 19.1. The van der Waals surface area contributed by atoms with Gasteiger partial charge < -0.3 is 5.11 Å². The fraction of sp³-hybridized carbons (Fsp3) is 0. The molecule has 0 saturated heterocycles. The van der Waals surface area contributed by atoms with Gasteiger partial charge in [0.25, 0.3) is 5.69 Å². The Labute approximate surface area is 98.4 Å². The third-order valence-corrected chi connectivity index (χ3v) is 2.09. The third-order valence-electron chi connectivity index (χ3n) is 2.09. The lowest BCUT2D eigenvalue weighted by Gasteiger charge is -2.01. The number of aromatic carboxylic acids is 1. The number of carboxylic acids is 1. The third kappa shape index (κ3) is 2.00. The van der Waals surface area contributed by atoms with E-state index >= 15 is 0 Å². The number of nitro groups is 1. The van der Waals surface area contributed by atoms with Crippen molar-refractivity contribution in [2.24, 2.45) is 0 Å². The van der Waals surface area contributed by atoms with Crippen LogP contribution in [0, 0.1) is 15.9 Å². The van der Waals surface area contributed by atoms with Crippen molar-refractivity contribution < 1.29 is 19.2 Å². The van der Waals surface area contributed by atoms with Crippen molar-refractivity contribution in [2.75, 3.05) is 0 Å². The Morgan fingerprint density at radius 1 is 1.50 bits per heavy atom. The van der Waals surface area contributed by atoms with Crippen LogP contribution >= 0.6 is 0 Å². The number of carbonyl (C=O) groups is 1. The maximum absolute atomic E-state index is 13.1. The summed E-state index contributed by atoms with van der Waals surface area (Å²) < 4.78 is 13.9. The van der Waals surface area contributed by atoms with Crippen LogP contribution in [0.1, 0.15) is 10.5 Å². The molecule has 0 aliphatic carbocycles. The number of rotatable bonds is 3.